The van der Waals surface area contributed by atoms with E-state index in [-0.39, 0.29) is 32.0 Å². The molecule has 0 radical (unpaired) electrons. The van der Waals surface area contributed by atoms with Crippen molar-refractivity contribution in [1.82, 2.24) is 0 Å². The summed E-state index contributed by atoms with van der Waals surface area (Å²) in [5, 5.41) is 0.518. The summed E-state index contributed by atoms with van der Waals surface area (Å²) in [7, 11) is 0. The lowest BCUT2D eigenvalue weighted by Crippen LogP contribution is -2.14. The van der Waals surface area contributed by atoms with E-state index in [1.807, 2.05) is 6.92 Å². The van der Waals surface area contributed by atoms with E-state index in [0.717, 1.165) is 5.56 Å². The Morgan fingerprint density at radius 1 is 1.14 bits per heavy atom. The molecule has 6 nitrogen and oxygen atoms in total. The van der Waals surface area contributed by atoms with Crippen LogP contribution in [0.2, 0.25) is 5.02 Å². The van der Waals surface area contributed by atoms with Crippen molar-refractivity contribution in [3.63, 3.8) is 0 Å². The molecule has 0 bridgehead atoms. The van der Waals surface area contributed by atoms with E-state index in [4.69, 9.17) is 30.5 Å². The predicted octanol–water partition coefficient (Wildman–Crippen LogP) is 4.31. The van der Waals surface area contributed by atoms with Gasteiger partial charge in [0.2, 0.25) is 0 Å². The zero-order valence-electron chi connectivity index (χ0n) is 15.5. The van der Waals surface area contributed by atoms with Gasteiger partial charge >= 0.3 is 5.97 Å². The Bertz CT molecular complexity index is 847. The summed E-state index contributed by atoms with van der Waals surface area (Å²) in [6.07, 6.45) is 0.0730. The first kappa shape index (κ1) is 20.2. The topological polar surface area (TPSA) is 71.1 Å². The van der Waals surface area contributed by atoms with Crippen molar-refractivity contribution in [2.75, 3.05) is 13.4 Å². The van der Waals surface area contributed by atoms with E-state index >= 15 is 0 Å². The van der Waals surface area contributed by atoms with Gasteiger partial charge in [0.1, 0.15) is 18.1 Å². The van der Waals surface area contributed by atoms with Gasteiger partial charge in [-0.25, -0.2) is 0 Å². The van der Waals surface area contributed by atoms with Crippen LogP contribution in [0.15, 0.2) is 36.4 Å². The number of Topliss-reactive ketones (excluding diaryl/α,β-unsaturated/α-hetero) is 1. The first-order valence-electron chi connectivity index (χ1n) is 9.00. The zero-order valence-corrected chi connectivity index (χ0v) is 16.3. The number of fused-ring (bicyclic) bond motifs is 1. The molecule has 0 N–H and O–H groups in total. The van der Waals surface area contributed by atoms with Gasteiger partial charge in [0.25, 0.3) is 0 Å². The number of hydrogen-bond acceptors (Lipinski definition) is 6. The third-order valence-electron chi connectivity index (χ3n) is 4.18. The second kappa shape index (κ2) is 9.57. The van der Waals surface area contributed by atoms with Crippen LogP contribution in [0, 0.1) is 0 Å². The average Bonchev–Trinajstić information content (AvgIpc) is 2.71. The van der Waals surface area contributed by atoms with Gasteiger partial charge in [0, 0.05) is 28.1 Å². The van der Waals surface area contributed by atoms with Crippen LogP contribution in [0.1, 0.15) is 41.3 Å². The Kier molecular flexibility index (Phi) is 6.90. The van der Waals surface area contributed by atoms with Gasteiger partial charge in [0.05, 0.1) is 19.6 Å². The molecule has 28 heavy (non-hydrogen) atoms. The molecule has 1 heterocycles. The van der Waals surface area contributed by atoms with Crippen molar-refractivity contribution >= 4 is 23.4 Å². The van der Waals surface area contributed by atoms with E-state index < -0.39 is 5.97 Å². The first-order valence-corrected chi connectivity index (χ1v) is 9.38. The Hall–Kier alpha value is -2.57. The predicted molar refractivity (Wildman–Crippen MR) is 103 cm³/mol. The number of ether oxygens (including phenoxy) is 4. The van der Waals surface area contributed by atoms with Gasteiger partial charge in [-0.3, -0.25) is 9.59 Å². The second-order valence-electron chi connectivity index (χ2n) is 6.21. The number of rotatable bonds is 8. The fraction of sp³-hybridized carbons (Fsp3) is 0.333. The normalized spacial score (nSPS) is 12.6. The Labute approximate surface area is 168 Å². The van der Waals surface area contributed by atoms with Crippen molar-refractivity contribution in [3.8, 4) is 11.5 Å². The lowest BCUT2D eigenvalue weighted by molar-refractivity contribution is -0.145. The molecule has 1 aliphatic heterocycles. The molecule has 7 heteroatoms. The summed E-state index contributed by atoms with van der Waals surface area (Å²) >= 11 is 6.09. The van der Waals surface area contributed by atoms with Crippen LogP contribution in [-0.4, -0.2) is 25.2 Å². The highest BCUT2D eigenvalue weighted by molar-refractivity contribution is 6.30. The monoisotopic (exact) mass is 404 g/mol. The molecule has 1 aliphatic rings. The van der Waals surface area contributed by atoms with Crippen LogP contribution in [-0.2, 0) is 27.5 Å². The molecule has 3 rings (SSSR count). The minimum Gasteiger partial charge on any atom is -0.494 e. The van der Waals surface area contributed by atoms with E-state index in [1.54, 1.807) is 36.4 Å². The van der Waals surface area contributed by atoms with Crippen molar-refractivity contribution in [2.45, 2.75) is 33.0 Å². The summed E-state index contributed by atoms with van der Waals surface area (Å²) in [6.45, 7) is 3.02. The maximum absolute atomic E-state index is 12.2. The number of ketones is 1. The molecule has 0 spiro atoms. The van der Waals surface area contributed by atoms with Gasteiger partial charge in [-0.1, -0.05) is 11.6 Å². The fourth-order valence-electron chi connectivity index (χ4n) is 2.86. The molecule has 0 saturated carbocycles. The van der Waals surface area contributed by atoms with Crippen molar-refractivity contribution < 1.29 is 28.5 Å². The van der Waals surface area contributed by atoms with Crippen LogP contribution in [0.4, 0.5) is 0 Å². The highest BCUT2D eigenvalue weighted by atomic mass is 35.5. The van der Waals surface area contributed by atoms with Crippen LogP contribution in [0.25, 0.3) is 0 Å². The third kappa shape index (κ3) is 5.24. The standard InChI is InChI=1S/C21H21ClO6/c1-2-26-18-5-3-14(4-6-18)19(23)7-8-20(24)27-12-16-10-17(22)9-15-11-25-13-28-21(15)16/h3-6,9-10H,2,7-8,11-13H2,1H3. The van der Waals surface area contributed by atoms with E-state index in [2.05, 4.69) is 0 Å². The van der Waals surface area contributed by atoms with E-state index in [0.29, 0.717) is 40.9 Å². The van der Waals surface area contributed by atoms with Gasteiger partial charge in [0.15, 0.2) is 12.6 Å². The van der Waals surface area contributed by atoms with Crippen molar-refractivity contribution in [3.05, 3.63) is 58.1 Å². The maximum atomic E-state index is 12.2. The summed E-state index contributed by atoms with van der Waals surface area (Å²) in [4.78, 5) is 24.3. The van der Waals surface area contributed by atoms with E-state index in [1.165, 1.54) is 0 Å². The number of esters is 1. The van der Waals surface area contributed by atoms with E-state index in [9.17, 15) is 9.59 Å². The lowest BCUT2D eigenvalue weighted by Gasteiger charge is -2.21. The van der Waals surface area contributed by atoms with Crippen molar-refractivity contribution in [1.29, 1.82) is 0 Å². The molecule has 148 valence electrons. The smallest absolute Gasteiger partial charge is 0.306 e. The maximum Gasteiger partial charge on any atom is 0.306 e. The van der Waals surface area contributed by atoms with Gasteiger partial charge < -0.3 is 18.9 Å². The van der Waals surface area contributed by atoms with Crippen LogP contribution in [0.5, 0.6) is 11.5 Å². The fourth-order valence-corrected chi connectivity index (χ4v) is 3.12. The average molecular weight is 405 g/mol. The molecule has 0 atom stereocenters. The Morgan fingerprint density at radius 2 is 1.93 bits per heavy atom. The molecule has 2 aromatic carbocycles. The summed E-state index contributed by atoms with van der Waals surface area (Å²) in [5.41, 5.74) is 2.03. The van der Waals surface area contributed by atoms with Gasteiger partial charge in [-0.15, -0.1) is 0 Å². The molecule has 0 unspecified atom stereocenters. The summed E-state index contributed by atoms with van der Waals surface area (Å²) in [5.74, 6) is 0.755. The third-order valence-corrected chi connectivity index (χ3v) is 4.40. The second-order valence-corrected chi connectivity index (χ2v) is 6.64. The number of halogens is 1. The van der Waals surface area contributed by atoms with Crippen LogP contribution < -0.4 is 9.47 Å². The van der Waals surface area contributed by atoms with Crippen LogP contribution in [0.3, 0.4) is 0 Å². The van der Waals surface area contributed by atoms with Crippen molar-refractivity contribution in [2.24, 2.45) is 0 Å². The molecule has 0 fully saturated rings. The van der Waals surface area contributed by atoms with Gasteiger partial charge in [-0.05, 0) is 43.3 Å². The highest BCUT2D eigenvalue weighted by Crippen LogP contribution is 2.32. The first-order chi connectivity index (χ1) is 13.6. The summed E-state index contributed by atoms with van der Waals surface area (Å²) < 4.78 is 21.4. The summed E-state index contributed by atoms with van der Waals surface area (Å²) in [6, 6.07) is 10.3. The highest BCUT2D eigenvalue weighted by Gasteiger charge is 2.18. The molecule has 0 aliphatic carbocycles. The molecule has 2 aromatic rings. The Morgan fingerprint density at radius 3 is 2.68 bits per heavy atom. The quantitative estimate of drug-likeness (QED) is 0.482. The molecule has 0 aromatic heterocycles. The molecule has 0 amide bonds. The largest absolute Gasteiger partial charge is 0.494 e. The number of benzene rings is 2. The minimum atomic E-state index is -0.458. The molecule has 0 saturated heterocycles. The van der Waals surface area contributed by atoms with Crippen LogP contribution >= 0.6 is 11.6 Å². The minimum absolute atomic E-state index is 0.00122. The van der Waals surface area contributed by atoms with Gasteiger partial charge in [-0.2, -0.15) is 0 Å². The SMILES string of the molecule is CCOc1ccc(C(=O)CCC(=O)OCc2cc(Cl)cc3c2OCOC3)cc1. The Balaban J connectivity index is 1.51. The number of hydrogen-bond donors (Lipinski definition) is 0. The molecular formula is C21H21ClO6. The molecular weight excluding hydrogens is 384 g/mol. The zero-order chi connectivity index (χ0) is 19.9. The lowest BCUT2D eigenvalue weighted by atomic mass is 10.1. The number of carbonyl (C=O) groups excluding carboxylic acids is 2. The number of carbonyl (C=O) groups is 2.